The van der Waals surface area contributed by atoms with Gasteiger partial charge in [0.2, 0.25) is 5.91 Å². The van der Waals surface area contributed by atoms with E-state index in [1.165, 1.54) is 0 Å². The number of carbonyl (C=O) groups is 2. The van der Waals surface area contributed by atoms with E-state index in [1.807, 2.05) is 36.1 Å². The molecule has 4 rings (SSSR count). The van der Waals surface area contributed by atoms with Gasteiger partial charge in [-0.2, -0.15) is 0 Å². The van der Waals surface area contributed by atoms with Crippen LogP contribution in [0, 0.1) is 18.8 Å². The molecule has 2 saturated heterocycles. The number of anilines is 1. The molecule has 2 aliphatic heterocycles. The van der Waals surface area contributed by atoms with Crippen LogP contribution in [0.25, 0.3) is 0 Å². The van der Waals surface area contributed by atoms with Gasteiger partial charge in [0, 0.05) is 43.9 Å². The lowest BCUT2D eigenvalue weighted by molar-refractivity contribution is -0.138. The normalized spacial score (nSPS) is 18.8. The molecule has 31 heavy (non-hydrogen) atoms. The minimum Gasteiger partial charge on any atom is -0.384 e. The molecular formula is C24H31N5O2. The van der Waals surface area contributed by atoms with Crippen molar-refractivity contribution in [1.29, 1.82) is 0 Å². The van der Waals surface area contributed by atoms with Crippen LogP contribution in [0.2, 0.25) is 0 Å². The first kappa shape index (κ1) is 21.4. The van der Waals surface area contributed by atoms with Gasteiger partial charge in [0.1, 0.15) is 11.5 Å². The number of nitrogens with zero attached hydrogens (tertiary/aromatic N) is 4. The Hall–Kier alpha value is -2.80. The first-order valence-electron chi connectivity index (χ1n) is 11.2. The lowest BCUT2D eigenvalue weighted by Gasteiger charge is -2.37. The monoisotopic (exact) mass is 421 g/mol. The molecule has 0 aliphatic carbocycles. The van der Waals surface area contributed by atoms with Crippen LogP contribution >= 0.6 is 0 Å². The van der Waals surface area contributed by atoms with E-state index in [-0.39, 0.29) is 23.5 Å². The Bertz CT molecular complexity index is 931. The number of rotatable bonds is 5. The summed E-state index contributed by atoms with van der Waals surface area (Å²) in [6, 6.07) is 7.68. The quantitative estimate of drug-likeness (QED) is 0.747. The summed E-state index contributed by atoms with van der Waals surface area (Å²) in [5.41, 5.74) is 8.43. The van der Waals surface area contributed by atoms with E-state index >= 15 is 0 Å². The van der Waals surface area contributed by atoms with Gasteiger partial charge in [-0.1, -0.05) is 6.07 Å². The maximum atomic E-state index is 13.0. The minimum absolute atomic E-state index is 0.0349. The van der Waals surface area contributed by atoms with E-state index in [1.54, 1.807) is 12.4 Å². The number of likely N-dealkylation sites (tertiary alicyclic amines) is 2. The molecule has 2 N–H and O–H groups in total. The predicted octanol–water partition coefficient (Wildman–Crippen LogP) is 2.70. The van der Waals surface area contributed by atoms with E-state index in [2.05, 4.69) is 14.9 Å². The standard InChI is InChI=1S/C24H31N5O2/c1-17-3-2-9-27-22(17)23(30)19-7-13-29(14-8-19)24(31)20-5-11-28(12-6-20)16-18-4-10-26-21(25)15-18/h2-4,9-10,15,19-20H,5-8,11-14,16H2,1H3,(H2,25,26). The fourth-order valence-corrected chi connectivity index (χ4v) is 4.75. The molecule has 7 heteroatoms. The van der Waals surface area contributed by atoms with Gasteiger partial charge in [0.05, 0.1) is 0 Å². The summed E-state index contributed by atoms with van der Waals surface area (Å²) < 4.78 is 0. The Morgan fingerprint density at radius 1 is 1.00 bits per heavy atom. The molecule has 1 amide bonds. The zero-order valence-electron chi connectivity index (χ0n) is 18.2. The molecule has 0 bridgehead atoms. The predicted molar refractivity (Wildman–Crippen MR) is 119 cm³/mol. The molecule has 7 nitrogen and oxygen atoms in total. The van der Waals surface area contributed by atoms with Crippen LogP contribution in [-0.4, -0.2) is 57.6 Å². The van der Waals surface area contributed by atoms with Crippen LogP contribution in [0.4, 0.5) is 5.82 Å². The first-order valence-corrected chi connectivity index (χ1v) is 11.2. The van der Waals surface area contributed by atoms with Gasteiger partial charge in [0.15, 0.2) is 5.78 Å². The van der Waals surface area contributed by atoms with Crippen molar-refractivity contribution in [1.82, 2.24) is 19.8 Å². The maximum absolute atomic E-state index is 13.0. The van der Waals surface area contributed by atoms with E-state index < -0.39 is 0 Å². The second-order valence-corrected chi connectivity index (χ2v) is 8.77. The SMILES string of the molecule is Cc1cccnc1C(=O)C1CCN(C(=O)C2CCN(Cc3ccnc(N)c3)CC2)CC1. The van der Waals surface area contributed by atoms with Gasteiger partial charge < -0.3 is 10.6 Å². The van der Waals surface area contributed by atoms with Crippen LogP contribution in [0.3, 0.4) is 0 Å². The Kier molecular flexibility index (Phi) is 6.61. The molecule has 0 saturated carbocycles. The van der Waals surface area contributed by atoms with Crippen LogP contribution in [0.1, 0.15) is 47.3 Å². The third-order valence-corrected chi connectivity index (χ3v) is 6.61. The number of carbonyl (C=O) groups excluding carboxylic acids is 2. The largest absolute Gasteiger partial charge is 0.384 e. The number of nitrogen functional groups attached to an aromatic ring is 1. The molecule has 4 heterocycles. The smallest absolute Gasteiger partial charge is 0.225 e. The number of aromatic nitrogens is 2. The second-order valence-electron chi connectivity index (χ2n) is 8.77. The van der Waals surface area contributed by atoms with Crippen molar-refractivity contribution < 1.29 is 9.59 Å². The molecule has 0 unspecified atom stereocenters. The van der Waals surface area contributed by atoms with Crippen molar-refractivity contribution in [2.45, 2.75) is 39.2 Å². The fourth-order valence-electron chi connectivity index (χ4n) is 4.75. The Balaban J connectivity index is 1.25. The van der Waals surface area contributed by atoms with Crippen LogP contribution in [-0.2, 0) is 11.3 Å². The lowest BCUT2D eigenvalue weighted by Crippen LogP contribution is -2.46. The molecule has 2 aromatic rings. The van der Waals surface area contributed by atoms with Crippen molar-refractivity contribution in [3.05, 3.63) is 53.5 Å². The summed E-state index contributed by atoms with van der Waals surface area (Å²) in [5, 5.41) is 0. The topological polar surface area (TPSA) is 92.4 Å². The summed E-state index contributed by atoms with van der Waals surface area (Å²) in [6.07, 6.45) is 6.63. The summed E-state index contributed by atoms with van der Waals surface area (Å²) in [6.45, 7) is 5.91. The molecule has 0 atom stereocenters. The molecule has 2 aliphatic rings. The molecule has 0 aromatic carbocycles. The number of amides is 1. The maximum Gasteiger partial charge on any atom is 0.225 e. The molecular weight excluding hydrogens is 390 g/mol. The average molecular weight is 422 g/mol. The second kappa shape index (κ2) is 9.56. The number of piperidine rings is 2. The van der Waals surface area contributed by atoms with Crippen molar-refractivity contribution in [3.63, 3.8) is 0 Å². The first-order chi connectivity index (χ1) is 15.0. The summed E-state index contributed by atoms with van der Waals surface area (Å²) in [4.78, 5) is 38.5. The Labute approximate surface area is 183 Å². The fraction of sp³-hybridized carbons (Fsp3) is 0.500. The number of hydrogen-bond acceptors (Lipinski definition) is 6. The molecule has 2 fully saturated rings. The Morgan fingerprint density at radius 2 is 1.71 bits per heavy atom. The number of nitrogens with two attached hydrogens (primary N) is 1. The highest BCUT2D eigenvalue weighted by atomic mass is 16.2. The van der Waals surface area contributed by atoms with Crippen molar-refractivity contribution in [2.75, 3.05) is 31.9 Å². The van der Waals surface area contributed by atoms with Gasteiger partial charge in [-0.05, 0) is 75.0 Å². The summed E-state index contributed by atoms with van der Waals surface area (Å²) >= 11 is 0. The van der Waals surface area contributed by atoms with Crippen LogP contribution in [0.5, 0.6) is 0 Å². The van der Waals surface area contributed by atoms with Gasteiger partial charge in [-0.25, -0.2) is 4.98 Å². The average Bonchev–Trinajstić information content (AvgIpc) is 2.79. The molecule has 2 aromatic heterocycles. The van der Waals surface area contributed by atoms with Gasteiger partial charge in [-0.15, -0.1) is 0 Å². The number of hydrogen-bond donors (Lipinski definition) is 1. The van der Waals surface area contributed by atoms with E-state index in [4.69, 9.17) is 5.73 Å². The highest BCUT2D eigenvalue weighted by Gasteiger charge is 2.33. The van der Waals surface area contributed by atoms with Gasteiger partial charge in [-0.3, -0.25) is 19.5 Å². The lowest BCUT2D eigenvalue weighted by atomic mass is 9.88. The van der Waals surface area contributed by atoms with Crippen molar-refractivity contribution >= 4 is 17.5 Å². The zero-order valence-corrected chi connectivity index (χ0v) is 18.2. The van der Waals surface area contributed by atoms with Crippen molar-refractivity contribution in [2.24, 2.45) is 11.8 Å². The zero-order chi connectivity index (χ0) is 21.8. The molecule has 0 spiro atoms. The Morgan fingerprint density at radius 3 is 2.39 bits per heavy atom. The number of pyridine rings is 2. The highest BCUT2D eigenvalue weighted by molar-refractivity contribution is 5.97. The van der Waals surface area contributed by atoms with E-state index in [0.29, 0.717) is 24.6 Å². The van der Waals surface area contributed by atoms with E-state index in [9.17, 15) is 9.59 Å². The number of Topliss-reactive ketones (excluding diaryl/α,β-unsaturated/α-hetero) is 1. The van der Waals surface area contributed by atoms with Gasteiger partial charge >= 0.3 is 0 Å². The number of ketones is 1. The minimum atomic E-state index is -0.0349. The van der Waals surface area contributed by atoms with Crippen LogP contribution < -0.4 is 5.73 Å². The van der Waals surface area contributed by atoms with Gasteiger partial charge in [0.25, 0.3) is 0 Å². The number of aryl methyl sites for hydroxylation is 1. The molecule has 164 valence electrons. The summed E-state index contributed by atoms with van der Waals surface area (Å²) in [7, 11) is 0. The third kappa shape index (κ3) is 5.10. The third-order valence-electron chi connectivity index (χ3n) is 6.61. The summed E-state index contributed by atoms with van der Waals surface area (Å²) in [5.74, 6) is 0.974. The highest BCUT2D eigenvalue weighted by Crippen LogP contribution is 2.26. The molecule has 0 radical (unpaired) electrons. The van der Waals surface area contributed by atoms with Crippen molar-refractivity contribution in [3.8, 4) is 0 Å². The van der Waals surface area contributed by atoms with E-state index in [0.717, 1.165) is 56.4 Å². The van der Waals surface area contributed by atoms with Crippen LogP contribution in [0.15, 0.2) is 36.7 Å².